The number of aliphatic hydroxyl groups is 1. The van der Waals surface area contributed by atoms with Crippen LogP contribution in [-0.4, -0.2) is 33.5 Å². The monoisotopic (exact) mass is 309 g/mol. The molecule has 10 heteroatoms. The van der Waals surface area contributed by atoms with Crippen molar-refractivity contribution in [2.75, 3.05) is 0 Å². The Kier molecular flexibility index (Phi) is 4.66. The Bertz CT molecular complexity index is 601. The standard InChI is InChI=1S/C11H11N5O4S/c12-15-14-7-3-1-6(2-4-7)11(19)20-16-9(17)5-8(21-13)10(16)18/h1-4,8,10,18H,5,13H2. The zero-order valence-corrected chi connectivity index (χ0v) is 11.4. The normalized spacial score (nSPS) is 21.0. The number of aliphatic hydroxyl groups excluding tert-OH is 1. The van der Waals surface area contributed by atoms with Gasteiger partial charge in [0.1, 0.15) is 0 Å². The molecule has 1 heterocycles. The fourth-order valence-corrected chi connectivity index (χ4v) is 2.24. The summed E-state index contributed by atoms with van der Waals surface area (Å²) in [4.78, 5) is 31.0. The number of nitrogens with two attached hydrogens (primary N) is 1. The maximum Gasteiger partial charge on any atom is 0.363 e. The highest BCUT2D eigenvalue weighted by atomic mass is 32.2. The lowest BCUT2D eigenvalue weighted by atomic mass is 10.2. The van der Waals surface area contributed by atoms with E-state index in [2.05, 4.69) is 10.0 Å². The van der Waals surface area contributed by atoms with Crippen LogP contribution in [0.2, 0.25) is 0 Å². The summed E-state index contributed by atoms with van der Waals surface area (Å²) >= 11 is 0.828. The quantitative estimate of drug-likeness (QED) is 0.370. The molecule has 0 aromatic heterocycles. The number of carbonyl (C=O) groups is 2. The second-order valence-corrected chi connectivity index (χ2v) is 5.00. The first-order valence-electron chi connectivity index (χ1n) is 5.80. The van der Waals surface area contributed by atoms with Crippen molar-refractivity contribution in [3.8, 4) is 0 Å². The molecule has 1 saturated heterocycles. The number of nitrogens with zero attached hydrogens (tertiary/aromatic N) is 4. The predicted octanol–water partition coefficient (Wildman–Crippen LogP) is 1.23. The van der Waals surface area contributed by atoms with E-state index in [9.17, 15) is 14.7 Å². The van der Waals surface area contributed by atoms with Crippen molar-refractivity contribution in [1.29, 1.82) is 0 Å². The summed E-state index contributed by atoms with van der Waals surface area (Å²) in [6.07, 6.45) is -1.29. The largest absolute Gasteiger partial charge is 0.369 e. The smallest absolute Gasteiger partial charge is 0.363 e. The molecule has 2 atom stereocenters. The van der Waals surface area contributed by atoms with Crippen LogP contribution in [0.1, 0.15) is 16.8 Å². The van der Waals surface area contributed by atoms with Crippen molar-refractivity contribution in [2.24, 2.45) is 10.3 Å². The van der Waals surface area contributed by atoms with Crippen LogP contribution in [-0.2, 0) is 9.63 Å². The van der Waals surface area contributed by atoms with E-state index in [0.29, 0.717) is 10.8 Å². The highest BCUT2D eigenvalue weighted by Gasteiger charge is 2.41. The number of azide groups is 1. The highest BCUT2D eigenvalue weighted by Crippen LogP contribution is 2.26. The fraction of sp³-hybridized carbons (Fsp3) is 0.273. The van der Waals surface area contributed by atoms with E-state index in [1.807, 2.05) is 0 Å². The molecular formula is C11H11N5O4S. The molecule has 1 aliphatic heterocycles. The Morgan fingerprint density at radius 3 is 2.71 bits per heavy atom. The Hall–Kier alpha value is -2.26. The molecule has 0 radical (unpaired) electrons. The van der Waals surface area contributed by atoms with Gasteiger partial charge in [-0.3, -0.25) is 9.93 Å². The number of hydroxylamine groups is 2. The molecule has 0 bridgehead atoms. The van der Waals surface area contributed by atoms with Gasteiger partial charge in [-0.1, -0.05) is 29.2 Å². The summed E-state index contributed by atoms with van der Waals surface area (Å²) in [5.41, 5.74) is 8.76. The molecule has 1 fully saturated rings. The first kappa shape index (κ1) is 15.1. The summed E-state index contributed by atoms with van der Waals surface area (Å²) in [5.74, 6) is -1.33. The third-order valence-electron chi connectivity index (χ3n) is 2.81. The summed E-state index contributed by atoms with van der Waals surface area (Å²) in [6, 6.07) is 5.62. The molecule has 1 aliphatic rings. The van der Waals surface area contributed by atoms with Crippen LogP contribution >= 0.6 is 11.9 Å². The van der Waals surface area contributed by atoms with E-state index in [1.165, 1.54) is 24.3 Å². The number of hydrogen-bond donors (Lipinski definition) is 2. The van der Waals surface area contributed by atoms with Crippen LogP contribution in [0, 0.1) is 0 Å². The SMILES string of the molecule is [N-]=[N+]=Nc1ccc(C(=O)ON2C(=O)CC(SN)C2O)cc1. The van der Waals surface area contributed by atoms with Crippen molar-refractivity contribution in [3.05, 3.63) is 40.3 Å². The number of benzene rings is 1. The van der Waals surface area contributed by atoms with Gasteiger partial charge in [0.2, 0.25) is 0 Å². The number of rotatable bonds is 4. The average molecular weight is 309 g/mol. The average Bonchev–Trinajstić information content (AvgIpc) is 2.75. The lowest BCUT2D eigenvalue weighted by Crippen LogP contribution is -2.38. The molecule has 110 valence electrons. The van der Waals surface area contributed by atoms with Crippen molar-refractivity contribution in [1.82, 2.24) is 5.06 Å². The number of carbonyl (C=O) groups excluding carboxylic acids is 2. The molecule has 2 unspecified atom stereocenters. The number of amides is 1. The Labute approximate surface area is 123 Å². The molecule has 3 N–H and O–H groups in total. The number of hydrogen-bond acceptors (Lipinski definition) is 7. The van der Waals surface area contributed by atoms with E-state index < -0.39 is 23.4 Å². The Morgan fingerprint density at radius 2 is 2.19 bits per heavy atom. The summed E-state index contributed by atoms with van der Waals surface area (Å²) in [7, 11) is 0. The molecule has 21 heavy (non-hydrogen) atoms. The van der Waals surface area contributed by atoms with E-state index >= 15 is 0 Å². The topological polar surface area (TPSA) is 142 Å². The fourth-order valence-electron chi connectivity index (χ4n) is 1.75. The van der Waals surface area contributed by atoms with Crippen molar-refractivity contribution >= 4 is 29.5 Å². The molecular weight excluding hydrogens is 298 g/mol. The van der Waals surface area contributed by atoms with E-state index in [-0.39, 0.29) is 12.0 Å². The van der Waals surface area contributed by atoms with Crippen LogP contribution in [0.15, 0.2) is 29.4 Å². The minimum Gasteiger partial charge on any atom is -0.369 e. The van der Waals surface area contributed by atoms with E-state index in [4.69, 9.17) is 15.5 Å². The molecule has 9 nitrogen and oxygen atoms in total. The van der Waals surface area contributed by atoms with Crippen molar-refractivity contribution < 1.29 is 19.5 Å². The van der Waals surface area contributed by atoms with Crippen molar-refractivity contribution in [2.45, 2.75) is 17.9 Å². The van der Waals surface area contributed by atoms with Crippen LogP contribution in [0.3, 0.4) is 0 Å². The van der Waals surface area contributed by atoms with Gasteiger partial charge in [-0.2, -0.15) is 0 Å². The molecule has 0 saturated carbocycles. The van der Waals surface area contributed by atoms with Gasteiger partial charge in [-0.15, -0.1) is 5.06 Å². The van der Waals surface area contributed by atoms with Crippen LogP contribution in [0.4, 0.5) is 5.69 Å². The van der Waals surface area contributed by atoms with E-state index in [1.54, 1.807) is 0 Å². The molecule has 0 aliphatic carbocycles. The summed E-state index contributed by atoms with van der Waals surface area (Å²) in [5, 5.41) is 18.6. The van der Waals surface area contributed by atoms with E-state index in [0.717, 1.165) is 11.9 Å². The lowest BCUT2D eigenvalue weighted by molar-refractivity contribution is -0.191. The van der Waals surface area contributed by atoms with Gasteiger partial charge < -0.3 is 9.94 Å². The molecule has 0 spiro atoms. The van der Waals surface area contributed by atoms with Gasteiger partial charge in [0.05, 0.1) is 10.8 Å². The van der Waals surface area contributed by atoms with Crippen LogP contribution < -0.4 is 5.14 Å². The maximum absolute atomic E-state index is 11.9. The predicted molar refractivity (Wildman–Crippen MR) is 73.7 cm³/mol. The van der Waals surface area contributed by atoms with Crippen LogP contribution in [0.5, 0.6) is 0 Å². The lowest BCUT2D eigenvalue weighted by Gasteiger charge is -2.20. The molecule has 1 amide bonds. The highest BCUT2D eigenvalue weighted by molar-refractivity contribution is 7.97. The van der Waals surface area contributed by atoms with Gasteiger partial charge in [-0.05, 0) is 17.7 Å². The third-order valence-corrected chi connectivity index (χ3v) is 3.57. The molecule has 2 rings (SSSR count). The van der Waals surface area contributed by atoms with Gasteiger partial charge in [0.25, 0.3) is 5.91 Å². The minimum absolute atomic E-state index is 0.00850. The van der Waals surface area contributed by atoms with Gasteiger partial charge in [-0.25, -0.2) is 4.79 Å². The van der Waals surface area contributed by atoms with Gasteiger partial charge in [0, 0.05) is 17.0 Å². The van der Waals surface area contributed by atoms with Crippen LogP contribution in [0.25, 0.3) is 10.4 Å². The molecule has 1 aromatic carbocycles. The second kappa shape index (κ2) is 6.46. The minimum atomic E-state index is -1.28. The first-order chi connectivity index (χ1) is 10.1. The van der Waals surface area contributed by atoms with Crippen molar-refractivity contribution in [3.63, 3.8) is 0 Å². The van der Waals surface area contributed by atoms with Gasteiger partial charge >= 0.3 is 5.97 Å². The Morgan fingerprint density at radius 1 is 1.52 bits per heavy atom. The first-order valence-corrected chi connectivity index (χ1v) is 6.74. The zero-order valence-electron chi connectivity index (χ0n) is 10.6. The summed E-state index contributed by atoms with van der Waals surface area (Å²) in [6.45, 7) is 0. The van der Waals surface area contributed by atoms with Gasteiger partial charge in [0.15, 0.2) is 6.23 Å². The summed E-state index contributed by atoms with van der Waals surface area (Å²) < 4.78 is 0. The Balaban J connectivity index is 2.07. The second-order valence-electron chi connectivity index (χ2n) is 4.13. The molecule has 1 aromatic rings. The third kappa shape index (κ3) is 3.26. The maximum atomic E-state index is 11.9. The zero-order chi connectivity index (χ0) is 15.4.